The summed E-state index contributed by atoms with van der Waals surface area (Å²) in [5.74, 6) is -4.82. The molecule has 0 unspecified atom stereocenters. The lowest BCUT2D eigenvalue weighted by atomic mass is 9.89. The van der Waals surface area contributed by atoms with Gasteiger partial charge in [-0.1, -0.05) is 91.0 Å². The van der Waals surface area contributed by atoms with Crippen LogP contribution in [0.1, 0.15) is 11.1 Å². The van der Waals surface area contributed by atoms with Gasteiger partial charge in [0.15, 0.2) is 11.5 Å². The number of hydrogen-bond acceptors (Lipinski definition) is 8. The van der Waals surface area contributed by atoms with Gasteiger partial charge in [-0.05, 0) is 58.6 Å². The topological polar surface area (TPSA) is 144 Å². The molecule has 10 aromatic rings. The number of benzene rings is 8. The molecule has 9 heteroatoms. The van der Waals surface area contributed by atoms with Crippen molar-refractivity contribution in [3.05, 3.63) is 132 Å². The van der Waals surface area contributed by atoms with Gasteiger partial charge in [-0.3, -0.25) is 9.98 Å². The number of phenols is 5. The van der Waals surface area contributed by atoms with Crippen molar-refractivity contribution < 1.29 is 29.9 Å². The van der Waals surface area contributed by atoms with Gasteiger partial charge < -0.3 is 34.5 Å². The molecule has 2 aromatic heterocycles. The fraction of sp³-hybridized carbons (Fsp3) is 0.0222. The second-order valence-corrected chi connectivity index (χ2v) is 13.3. The molecule has 54 heavy (non-hydrogen) atoms. The van der Waals surface area contributed by atoms with Crippen molar-refractivity contribution in [2.24, 2.45) is 9.98 Å². The molecule has 260 valence electrons. The zero-order chi connectivity index (χ0) is 36.8. The Labute approximate surface area is 305 Å². The summed E-state index contributed by atoms with van der Waals surface area (Å²) in [6.07, 6.45) is 0. The van der Waals surface area contributed by atoms with Crippen molar-refractivity contribution in [3.8, 4) is 28.7 Å². The second-order valence-electron chi connectivity index (χ2n) is 13.3. The van der Waals surface area contributed by atoms with Crippen LogP contribution in [0.2, 0.25) is 0 Å². The molecule has 0 atom stereocenters. The lowest BCUT2D eigenvalue weighted by Gasteiger charge is -2.20. The Balaban J connectivity index is 1.31. The molecule has 5 N–H and O–H groups in total. The highest BCUT2D eigenvalue weighted by atomic mass is 16.4. The Morgan fingerprint density at radius 2 is 1.11 bits per heavy atom. The van der Waals surface area contributed by atoms with Crippen LogP contribution in [-0.4, -0.2) is 42.5 Å². The van der Waals surface area contributed by atoms with Crippen LogP contribution in [-0.2, 0) is 6.67 Å². The Morgan fingerprint density at radius 1 is 0.519 bits per heavy atom. The number of hydrogen-bond donors (Lipinski definition) is 5. The summed E-state index contributed by atoms with van der Waals surface area (Å²) in [5, 5.41) is 63.9. The summed E-state index contributed by atoms with van der Waals surface area (Å²) in [4.78, 5) is 9.58. The molecule has 0 fully saturated rings. The van der Waals surface area contributed by atoms with E-state index in [9.17, 15) is 25.5 Å². The highest BCUT2D eigenvalue weighted by molar-refractivity contribution is 6.30. The summed E-state index contributed by atoms with van der Waals surface area (Å²) in [6.45, 7) is 3.86. The summed E-state index contributed by atoms with van der Waals surface area (Å²) < 4.78 is 8.46. The Hall–Kier alpha value is -7.52. The van der Waals surface area contributed by atoms with Gasteiger partial charge in [0, 0.05) is 37.9 Å². The number of para-hydroxylation sites is 2. The average Bonchev–Trinajstić information content (AvgIpc) is 3.74. The van der Waals surface area contributed by atoms with E-state index in [1.807, 2.05) is 95.6 Å². The number of fused-ring (bicyclic) bond motifs is 11. The third-order valence-corrected chi connectivity index (χ3v) is 10.5. The molecule has 0 bridgehead atoms. The molecule has 0 spiro atoms. The van der Waals surface area contributed by atoms with Crippen LogP contribution in [0, 0.1) is 0 Å². The molecule has 0 aliphatic rings. The van der Waals surface area contributed by atoms with Gasteiger partial charge in [0.1, 0.15) is 17.8 Å². The standard InChI is InChI=1S/C45H29N3O6/c1-46-38-29-15-5-3-11-25(29)24-10-2-4-14-28(24)36(38)39(37-40(49)42(51)44(53)43(52)41(37)50)47-22-48-33-16-8-6-12-26(33)32-20-23-18-19-30-27-13-7-9-17-35(27)54-45(30)31(23)21-34(32)48/h2-21,49-53H,1,22H2/b47-39+. The van der Waals surface area contributed by atoms with Crippen LogP contribution in [0.15, 0.2) is 136 Å². The van der Waals surface area contributed by atoms with Gasteiger partial charge in [0.25, 0.3) is 0 Å². The molecular weight excluding hydrogens is 679 g/mol. The minimum Gasteiger partial charge on any atom is -0.504 e. The minimum atomic E-state index is -1.07. The summed E-state index contributed by atoms with van der Waals surface area (Å²) >= 11 is 0. The van der Waals surface area contributed by atoms with Crippen LogP contribution in [0.3, 0.4) is 0 Å². The Bertz CT molecular complexity index is 3250. The first-order valence-electron chi connectivity index (χ1n) is 17.2. The van der Waals surface area contributed by atoms with E-state index in [2.05, 4.69) is 42.0 Å². The third kappa shape index (κ3) is 4.26. The molecule has 10 rings (SSSR count). The van der Waals surface area contributed by atoms with Gasteiger partial charge in [-0.2, -0.15) is 0 Å². The van der Waals surface area contributed by atoms with Gasteiger partial charge >= 0.3 is 0 Å². The monoisotopic (exact) mass is 707 g/mol. The van der Waals surface area contributed by atoms with Crippen molar-refractivity contribution in [2.45, 2.75) is 6.67 Å². The molecule has 0 aliphatic heterocycles. The lowest BCUT2D eigenvalue weighted by Crippen LogP contribution is -2.09. The van der Waals surface area contributed by atoms with Gasteiger partial charge in [-0.15, -0.1) is 0 Å². The average molecular weight is 708 g/mol. The molecule has 0 aliphatic carbocycles. The van der Waals surface area contributed by atoms with Crippen LogP contribution < -0.4 is 0 Å². The highest BCUT2D eigenvalue weighted by Gasteiger charge is 2.30. The number of aromatic nitrogens is 1. The fourth-order valence-electron chi connectivity index (χ4n) is 8.06. The van der Waals surface area contributed by atoms with Gasteiger partial charge in [0.05, 0.1) is 28.0 Å². The molecular formula is C45H29N3O6. The predicted octanol–water partition coefficient (Wildman–Crippen LogP) is 10.5. The minimum absolute atomic E-state index is 0.00588. The van der Waals surface area contributed by atoms with Gasteiger partial charge in [0.2, 0.25) is 17.2 Å². The fourth-order valence-corrected chi connectivity index (χ4v) is 8.06. The van der Waals surface area contributed by atoms with Gasteiger partial charge in [-0.25, -0.2) is 0 Å². The molecule has 0 amide bonds. The number of aromatic hydroxyl groups is 5. The van der Waals surface area contributed by atoms with E-state index in [0.29, 0.717) is 16.6 Å². The SMILES string of the molecule is C=Nc1c(/C(=N\Cn2c3ccccc3c3cc4ccc5c6ccccc6oc5c4cc32)c2c(O)c(O)c(O)c(O)c2O)c2ccccc2c2ccccc12. The van der Waals surface area contributed by atoms with Crippen molar-refractivity contribution in [1.82, 2.24) is 4.57 Å². The molecule has 2 heterocycles. The van der Waals surface area contributed by atoms with Crippen molar-refractivity contribution in [1.29, 1.82) is 0 Å². The maximum atomic E-state index is 11.4. The maximum absolute atomic E-state index is 11.4. The largest absolute Gasteiger partial charge is 0.504 e. The van der Waals surface area contributed by atoms with Crippen molar-refractivity contribution >= 4 is 94.2 Å². The lowest BCUT2D eigenvalue weighted by molar-refractivity contribution is 0.327. The smallest absolute Gasteiger partial charge is 0.208 e. The number of nitrogens with zero attached hydrogens (tertiary/aromatic N) is 3. The number of aliphatic imine (C=N–C) groups is 2. The van der Waals surface area contributed by atoms with E-state index in [-0.39, 0.29) is 17.9 Å². The zero-order valence-corrected chi connectivity index (χ0v) is 28.4. The van der Waals surface area contributed by atoms with E-state index in [4.69, 9.17) is 9.41 Å². The van der Waals surface area contributed by atoms with E-state index in [1.54, 1.807) is 0 Å². The summed E-state index contributed by atoms with van der Waals surface area (Å²) in [6, 6.07) is 39.6. The number of phenolic OH excluding ortho intramolecular Hbond substituents is 5. The first-order valence-corrected chi connectivity index (χ1v) is 17.2. The molecule has 0 saturated heterocycles. The predicted molar refractivity (Wildman–Crippen MR) is 215 cm³/mol. The van der Waals surface area contributed by atoms with Crippen LogP contribution >= 0.6 is 0 Å². The molecule has 0 saturated carbocycles. The maximum Gasteiger partial charge on any atom is 0.208 e. The van der Waals surface area contributed by atoms with E-state index >= 15 is 0 Å². The highest BCUT2D eigenvalue weighted by Crippen LogP contribution is 2.53. The van der Waals surface area contributed by atoms with E-state index < -0.39 is 28.7 Å². The summed E-state index contributed by atoms with van der Waals surface area (Å²) in [7, 11) is 0. The molecule has 0 radical (unpaired) electrons. The van der Waals surface area contributed by atoms with Crippen LogP contribution in [0.25, 0.3) is 76.1 Å². The van der Waals surface area contributed by atoms with E-state index in [0.717, 1.165) is 70.7 Å². The quantitative estimate of drug-likeness (QED) is 0.0521. The van der Waals surface area contributed by atoms with Crippen LogP contribution in [0.4, 0.5) is 5.69 Å². The first kappa shape index (κ1) is 31.2. The zero-order valence-electron chi connectivity index (χ0n) is 28.4. The summed E-state index contributed by atoms with van der Waals surface area (Å²) in [5.41, 5.74) is 3.72. The number of rotatable bonds is 5. The molecule has 9 nitrogen and oxygen atoms in total. The number of furan rings is 1. The third-order valence-electron chi connectivity index (χ3n) is 10.5. The van der Waals surface area contributed by atoms with Crippen molar-refractivity contribution in [2.75, 3.05) is 0 Å². The Kier molecular flexibility index (Phi) is 6.65. The molecule has 8 aromatic carbocycles. The Morgan fingerprint density at radius 3 is 1.83 bits per heavy atom. The second kappa shape index (κ2) is 11.5. The normalized spacial score (nSPS) is 12.3. The van der Waals surface area contributed by atoms with E-state index in [1.165, 1.54) is 0 Å². The first-order chi connectivity index (χ1) is 26.4. The van der Waals surface area contributed by atoms with Crippen LogP contribution in [0.5, 0.6) is 28.7 Å². The van der Waals surface area contributed by atoms with Crippen molar-refractivity contribution in [3.63, 3.8) is 0 Å².